The van der Waals surface area contributed by atoms with Crippen LogP contribution >= 0.6 is 11.3 Å². The Morgan fingerprint density at radius 1 is 1.29 bits per heavy atom. The van der Waals surface area contributed by atoms with E-state index in [-0.39, 0.29) is 5.92 Å². The lowest BCUT2D eigenvalue weighted by molar-refractivity contribution is 0.402. The number of aromatic nitrogens is 1. The van der Waals surface area contributed by atoms with Gasteiger partial charge in [0.2, 0.25) is 0 Å². The number of allylic oxidation sites excluding steroid dienone is 4. The Morgan fingerprint density at radius 3 is 2.58 bits per heavy atom. The molecule has 0 saturated heterocycles. The number of hydrogen-bond acceptors (Lipinski definition) is 6. The first-order valence-corrected chi connectivity index (χ1v) is 14.5. The Balaban J connectivity index is 2.23. The van der Waals surface area contributed by atoms with Gasteiger partial charge in [0.05, 0.1) is 16.4 Å². The normalized spacial score (nSPS) is 17.0. The summed E-state index contributed by atoms with van der Waals surface area (Å²) in [5.41, 5.74) is 11.0. The van der Waals surface area contributed by atoms with Crippen molar-refractivity contribution >= 4 is 49.9 Å². The first-order chi connectivity index (χ1) is 18.3. The molecule has 7 heteroatoms. The highest BCUT2D eigenvalue weighted by molar-refractivity contribution is 7.22. The van der Waals surface area contributed by atoms with Crippen molar-refractivity contribution < 1.29 is 0 Å². The van der Waals surface area contributed by atoms with Crippen molar-refractivity contribution in [3.05, 3.63) is 53.5 Å². The molecule has 2 heterocycles. The molecule has 1 fully saturated rings. The number of nitrogens with two attached hydrogens (primary N) is 1. The predicted molar refractivity (Wildman–Crippen MR) is 169 cm³/mol. The molecule has 6 nitrogen and oxygen atoms in total. The lowest BCUT2D eigenvalue weighted by atomic mass is 9.90. The standard InChI is InChI=1S/C31H44N6S/c1-9-11-17-34-29(21(5)10-2)35-19-22(6)26-18-24(25(33-7)15-16-32)28-27(20(3)4)31(38-30(28)36-26)37(8)23-13-12-14-23/h9,11,15-21,23H,10,12-14,32H2,1-8H3/b11-9-,16-15?,22-19+,33-25?,34-17?,35-29?. The maximum Gasteiger partial charge on any atom is 0.130 e. The van der Waals surface area contributed by atoms with Gasteiger partial charge < -0.3 is 10.6 Å². The number of amidine groups is 1. The number of hydrogen-bond donors (Lipinski definition) is 1. The molecule has 38 heavy (non-hydrogen) atoms. The van der Waals surface area contributed by atoms with Crippen molar-refractivity contribution in [1.82, 2.24) is 4.98 Å². The fourth-order valence-corrected chi connectivity index (χ4v) is 5.92. The molecule has 0 aliphatic heterocycles. The summed E-state index contributed by atoms with van der Waals surface area (Å²) in [5, 5.41) is 2.50. The number of nitrogens with zero attached hydrogens (tertiary/aromatic N) is 5. The molecule has 204 valence electrons. The van der Waals surface area contributed by atoms with E-state index in [4.69, 9.17) is 15.7 Å². The molecule has 2 N–H and O–H groups in total. The topological polar surface area (TPSA) is 79.2 Å². The molecule has 0 radical (unpaired) electrons. The second-order valence-electron chi connectivity index (χ2n) is 10.3. The Labute approximate surface area is 232 Å². The van der Waals surface area contributed by atoms with Gasteiger partial charge in [0.15, 0.2) is 0 Å². The van der Waals surface area contributed by atoms with E-state index in [0.717, 1.165) is 39.6 Å². The van der Waals surface area contributed by atoms with E-state index in [9.17, 15) is 0 Å². The molecule has 0 amide bonds. The average molecular weight is 533 g/mol. The largest absolute Gasteiger partial charge is 0.405 e. The molecule has 1 saturated carbocycles. The van der Waals surface area contributed by atoms with Crippen LogP contribution in [0.15, 0.2) is 51.7 Å². The Hall–Kier alpha value is -3.06. The fraction of sp³-hybridized carbons (Fsp3) is 0.484. The van der Waals surface area contributed by atoms with Gasteiger partial charge in [-0.05, 0) is 81.0 Å². The summed E-state index contributed by atoms with van der Waals surface area (Å²) < 4.78 is 0. The summed E-state index contributed by atoms with van der Waals surface area (Å²) >= 11 is 1.79. The summed E-state index contributed by atoms with van der Waals surface area (Å²) in [6.07, 6.45) is 15.8. The van der Waals surface area contributed by atoms with Crippen LogP contribution in [0.3, 0.4) is 0 Å². The van der Waals surface area contributed by atoms with Gasteiger partial charge in [0, 0.05) is 49.4 Å². The van der Waals surface area contributed by atoms with E-state index in [1.54, 1.807) is 23.8 Å². The van der Waals surface area contributed by atoms with E-state index < -0.39 is 0 Å². The number of anilines is 1. The Morgan fingerprint density at radius 2 is 2.03 bits per heavy atom. The van der Waals surface area contributed by atoms with Crippen LogP contribution in [0.1, 0.15) is 90.0 Å². The molecule has 1 aliphatic carbocycles. The maximum atomic E-state index is 5.84. The van der Waals surface area contributed by atoms with Crippen molar-refractivity contribution in [2.75, 3.05) is 19.0 Å². The molecule has 0 spiro atoms. The molecule has 1 aliphatic rings. The van der Waals surface area contributed by atoms with E-state index in [1.165, 1.54) is 35.2 Å². The van der Waals surface area contributed by atoms with Gasteiger partial charge in [0.1, 0.15) is 10.7 Å². The molecular formula is C31H44N6S. The van der Waals surface area contributed by atoms with Crippen molar-refractivity contribution in [2.45, 2.75) is 79.2 Å². The van der Waals surface area contributed by atoms with Crippen molar-refractivity contribution in [2.24, 2.45) is 26.6 Å². The number of fused-ring (bicyclic) bond motifs is 1. The third-order valence-electron chi connectivity index (χ3n) is 7.30. The molecular weight excluding hydrogens is 488 g/mol. The maximum absolute atomic E-state index is 5.84. The lowest BCUT2D eigenvalue weighted by Gasteiger charge is -2.36. The number of rotatable bonds is 10. The smallest absolute Gasteiger partial charge is 0.130 e. The van der Waals surface area contributed by atoms with Crippen LogP contribution in [0.4, 0.5) is 5.00 Å². The zero-order valence-electron chi connectivity index (χ0n) is 24.3. The summed E-state index contributed by atoms with van der Waals surface area (Å²) in [4.78, 5) is 22.7. The SMILES string of the molecule is C/C=C\C=NC(=N/C=C(\C)c1cc(C(C=CN)=NC)c2c(C(C)C)c(N(C)C3CCC3)sc2n1)C(C)CC. The Bertz CT molecular complexity index is 1290. The van der Waals surface area contributed by atoms with Crippen LogP contribution in [-0.2, 0) is 0 Å². The minimum absolute atomic E-state index is 0.260. The molecule has 1 unspecified atom stereocenters. The minimum atomic E-state index is 0.260. The molecule has 2 aromatic heterocycles. The predicted octanol–water partition coefficient (Wildman–Crippen LogP) is 7.75. The summed E-state index contributed by atoms with van der Waals surface area (Å²) in [6.45, 7) is 12.9. The van der Waals surface area contributed by atoms with Crippen LogP contribution in [0, 0.1) is 5.92 Å². The van der Waals surface area contributed by atoms with Gasteiger partial charge in [-0.3, -0.25) is 4.99 Å². The zero-order valence-corrected chi connectivity index (χ0v) is 25.1. The second-order valence-corrected chi connectivity index (χ2v) is 11.3. The van der Waals surface area contributed by atoms with Gasteiger partial charge in [-0.1, -0.05) is 45.1 Å². The first kappa shape index (κ1) is 29.5. The summed E-state index contributed by atoms with van der Waals surface area (Å²) in [5.74, 6) is 1.42. The summed E-state index contributed by atoms with van der Waals surface area (Å²) in [7, 11) is 4.05. The van der Waals surface area contributed by atoms with Gasteiger partial charge in [-0.15, -0.1) is 0 Å². The van der Waals surface area contributed by atoms with Gasteiger partial charge in [-0.2, -0.15) is 0 Å². The van der Waals surface area contributed by atoms with Gasteiger partial charge in [-0.25, -0.2) is 15.0 Å². The Kier molecular flexibility index (Phi) is 10.6. The van der Waals surface area contributed by atoms with E-state index in [1.807, 2.05) is 38.4 Å². The highest BCUT2D eigenvalue weighted by atomic mass is 32.1. The monoisotopic (exact) mass is 532 g/mol. The number of pyridine rings is 1. The summed E-state index contributed by atoms with van der Waals surface area (Å²) in [6, 6.07) is 2.74. The van der Waals surface area contributed by atoms with Crippen LogP contribution in [0.5, 0.6) is 0 Å². The van der Waals surface area contributed by atoms with E-state index in [2.05, 4.69) is 62.6 Å². The number of thiophene rings is 1. The average Bonchev–Trinajstić information content (AvgIpc) is 3.27. The molecule has 0 aromatic carbocycles. The van der Waals surface area contributed by atoms with E-state index in [0.29, 0.717) is 12.0 Å². The number of aliphatic imine (C=N–C) groups is 3. The minimum Gasteiger partial charge on any atom is -0.405 e. The highest BCUT2D eigenvalue weighted by Crippen LogP contribution is 2.45. The van der Waals surface area contributed by atoms with Crippen molar-refractivity contribution in [3.63, 3.8) is 0 Å². The van der Waals surface area contributed by atoms with Crippen LogP contribution < -0.4 is 10.6 Å². The van der Waals surface area contributed by atoms with Crippen LogP contribution in [-0.4, -0.2) is 42.9 Å². The third kappa shape index (κ3) is 6.49. The second kappa shape index (κ2) is 13.7. The van der Waals surface area contributed by atoms with Crippen molar-refractivity contribution in [1.29, 1.82) is 0 Å². The first-order valence-electron chi connectivity index (χ1n) is 13.7. The highest BCUT2D eigenvalue weighted by Gasteiger charge is 2.29. The molecule has 3 rings (SSSR count). The lowest BCUT2D eigenvalue weighted by Crippen LogP contribution is -2.37. The molecule has 0 bridgehead atoms. The zero-order chi connectivity index (χ0) is 27.8. The quantitative estimate of drug-likeness (QED) is 0.251. The van der Waals surface area contributed by atoms with E-state index >= 15 is 0 Å². The van der Waals surface area contributed by atoms with Gasteiger partial charge >= 0.3 is 0 Å². The van der Waals surface area contributed by atoms with Crippen LogP contribution in [0.25, 0.3) is 15.8 Å². The third-order valence-corrected chi connectivity index (χ3v) is 8.49. The van der Waals surface area contributed by atoms with Crippen LogP contribution in [0.2, 0.25) is 0 Å². The molecule has 1 atom stereocenters. The van der Waals surface area contributed by atoms with Crippen molar-refractivity contribution in [3.8, 4) is 0 Å². The fourth-order valence-electron chi connectivity index (χ4n) is 4.53. The molecule has 2 aromatic rings. The van der Waals surface area contributed by atoms with Gasteiger partial charge in [0.25, 0.3) is 0 Å².